The van der Waals surface area contributed by atoms with Gasteiger partial charge in [0.2, 0.25) is 0 Å². The predicted octanol–water partition coefficient (Wildman–Crippen LogP) is 3.64. The summed E-state index contributed by atoms with van der Waals surface area (Å²) in [5.41, 5.74) is 0.365. The van der Waals surface area contributed by atoms with E-state index >= 15 is 0 Å². The van der Waals surface area contributed by atoms with Crippen molar-refractivity contribution in [3.05, 3.63) is 79.8 Å². The maximum absolute atomic E-state index is 12.8. The molecule has 2 aromatic rings. The van der Waals surface area contributed by atoms with E-state index in [2.05, 4.69) is 15.9 Å². The van der Waals surface area contributed by atoms with E-state index in [-0.39, 0.29) is 36.2 Å². The molecule has 3 rings (SSSR count). The number of aliphatic carboxylic acids is 1. The molecule has 1 aliphatic rings. The summed E-state index contributed by atoms with van der Waals surface area (Å²) < 4.78 is 0.773. The number of carbonyl (C=O) groups is 3. The quantitative estimate of drug-likeness (QED) is 0.199. The molecule has 0 bridgehead atoms. The third-order valence-electron chi connectivity index (χ3n) is 4.87. The van der Waals surface area contributed by atoms with E-state index < -0.39 is 34.4 Å². The van der Waals surface area contributed by atoms with Crippen LogP contribution in [0.25, 0.3) is 5.76 Å². The number of aliphatic hydroxyl groups is 1. The Morgan fingerprint density at radius 3 is 2.23 bits per heavy atom. The lowest BCUT2D eigenvalue weighted by molar-refractivity contribution is -0.384. The summed E-state index contributed by atoms with van der Waals surface area (Å²) in [7, 11) is 0. The van der Waals surface area contributed by atoms with Crippen LogP contribution < -0.4 is 0 Å². The zero-order chi connectivity index (χ0) is 22.7. The number of hydrogen-bond donors (Lipinski definition) is 2. The van der Waals surface area contributed by atoms with Gasteiger partial charge in [-0.1, -0.05) is 28.1 Å². The molecule has 0 spiro atoms. The lowest BCUT2D eigenvalue weighted by Gasteiger charge is -2.25. The van der Waals surface area contributed by atoms with Crippen molar-refractivity contribution < 1.29 is 29.5 Å². The average molecular weight is 489 g/mol. The molecule has 0 aromatic heterocycles. The summed E-state index contributed by atoms with van der Waals surface area (Å²) in [4.78, 5) is 47.9. The van der Waals surface area contributed by atoms with Crippen molar-refractivity contribution in [2.45, 2.75) is 18.9 Å². The second-order valence-electron chi connectivity index (χ2n) is 6.85. The highest BCUT2D eigenvalue weighted by Gasteiger charge is 2.45. The smallest absolute Gasteiger partial charge is 0.303 e. The molecule has 2 N–H and O–H groups in total. The summed E-state index contributed by atoms with van der Waals surface area (Å²) in [6, 6.07) is 10.9. The van der Waals surface area contributed by atoms with Gasteiger partial charge >= 0.3 is 5.97 Å². The number of carboxylic acids is 1. The number of nitro groups is 1. The second-order valence-corrected chi connectivity index (χ2v) is 7.76. The molecule has 1 saturated heterocycles. The van der Waals surface area contributed by atoms with Crippen molar-refractivity contribution in [2.75, 3.05) is 6.54 Å². The number of Topliss-reactive ketones (excluding diaryl/α,β-unsaturated/α-hetero) is 1. The number of hydrogen-bond acceptors (Lipinski definition) is 6. The highest BCUT2D eigenvalue weighted by Crippen LogP contribution is 2.40. The minimum Gasteiger partial charge on any atom is -0.507 e. The standard InChI is InChI=1S/C21H17BrN2O7/c22-14-7-3-12(4-8-14)18-17(19(27)13-5-9-15(10-6-13)24(30)31)20(28)21(29)23(18)11-1-2-16(25)26/h3-10,18,27H,1-2,11H2,(H,25,26)/b19-17-. The Hall–Kier alpha value is -3.53. The topological polar surface area (TPSA) is 138 Å². The molecule has 0 aliphatic carbocycles. The minimum absolute atomic E-state index is 0.00858. The lowest BCUT2D eigenvalue weighted by atomic mass is 9.95. The van der Waals surface area contributed by atoms with E-state index in [0.29, 0.717) is 5.56 Å². The highest BCUT2D eigenvalue weighted by atomic mass is 79.9. The molecule has 1 amide bonds. The van der Waals surface area contributed by atoms with Crippen LogP contribution in [0.15, 0.2) is 58.6 Å². The number of amides is 1. The van der Waals surface area contributed by atoms with Crippen LogP contribution in [0, 0.1) is 10.1 Å². The molecular weight excluding hydrogens is 472 g/mol. The number of carbonyl (C=O) groups excluding carboxylic acids is 2. The Kier molecular flexibility index (Phi) is 6.50. The summed E-state index contributed by atoms with van der Waals surface area (Å²) in [5.74, 6) is -3.23. The van der Waals surface area contributed by atoms with Gasteiger partial charge in [-0.05, 0) is 36.2 Å². The lowest BCUT2D eigenvalue weighted by Crippen LogP contribution is -2.31. The fraction of sp³-hybridized carbons (Fsp3) is 0.190. The van der Waals surface area contributed by atoms with E-state index in [1.165, 1.54) is 29.2 Å². The van der Waals surface area contributed by atoms with Crippen molar-refractivity contribution >= 4 is 45.0 Å². The van der Waals surface area contributed by atoms with Crippen molar-refractivity contribution in [1.29, 1.82) is 0 Å². The Morgan fingerprint density at radius 1 is 1.06 bits per heavy atom. The number of nitro benzene ring substituents is 1. The van der Waals surface area contributed by atoms with Crippen LogP contribution in [0.4, 0.5) is 5.69 Å². The Balaban J connectivity index is 2.08. The molecule has 1 atom stereocenters. The number of non-ortho nitro benzene ring substituents is 1. The van der Waals surface area contributed by atoms with Crippen molar-refractivity contribution in [3.63, 3.8) is 0 Å². The largest absolute Gasteiger partial charge is 0.507 e. The number of likely N-dealkylation sites (tertiary alicyclic amines) is 1. The normalized spacial score (nSPS) is 17.7. The van der Waals surface area contributed by atoms with Gasteiger partial charge < -0.3 is 15.1 Å². The molecule has 1 unspecified atom stereocenters. The number of benzene rings is 2. The number of rotatable bonds is 7. The maximum Gasteiger partial charge on any atom is 0.303 e. The van der Waals surface area contributed by atoms with Gasteiger partial charge in [0.1, 0.15) is 5.76 Å². The number of nitrogens with zero attached hydrogens (tertiary/aromatic N) is 2. The number of aliphatic hydroxyl groups excluding tert-OH is 1. The maximum atomic E-state index is 12.8. The van der Waals surface area contributed by atoms with Crippen molar-refractivity contribution in [1.82, 2.24) is 4.90 Å². The van der Waals surface area contributed by atoms with Crippen molar-refractivity contribution in [3.8, 4) is 0 Å². The first-order valence-electron chi connectivity index (χ1n) is 9.21. The van der Waals surface area contributed by atoms with Gasteiger partial charge in [-0.3, -0.25) is 24.5 Å². The first-order chi connectivity index (χ1) is 14.7. The highest BCUT2D eigenvalue weighted by molar-refractivity contribution is 9.10. The average Bonchev–Trinajstić information content (AvgIpc) is 2.98. The van der Waals surface area contributed by atoms with E-state index in [9.17, 15) is 29.6 Å². The molecule has 1 heterocycles. The molecule has 1 aliphatic heterocycles. The van der Waals surface area contributed by atoms with Crippen LogP contribution in [0.2, 0.25) is 0 Å². The molecule has 0 saturated carbocycles. The van der Waals surface area contributed by atoms with Gasteiger partial charge in [0.25, 0.3) is 17.4 Å². The van der Waals surface area contributed by atoms with Crippen molar-refractivity contribution in [2.24, 2.45) is 0 Å². The van der Waals surface area contributed by atoms with Crippen LogP contribution >= 0.6 is 15.9 Å². The third-order valence-corrected chi connectivity index (χ3v) is 5.40. The SMILES string of the molecule is O=C(O)CCCN1C(=O)C(=O)/C(=C(\O)c2ccc([N+](=O)[O-])cc2)C1c1ccc(Br)cc1. The van der Waals surface area contributed by atoms with Gasteiger partial charge in [-0.2, -0.15) is 0 Å². The molecule has 31 heavy (non-hydrogen) atoms. The van der Waals surface area contributed by atoms with Gasteiger partial charge in [-0.25, -0.2) is 0 Å². The molecular formula is C21H17BrN2O7. The van der Waals surface area contributed by atoms with Crippen LogP contribution in [-0.2, 0) is 14.4 Å². The molecule has 9 nitrogen and oxygen atoms in total. The minimum atomic E-state index is -1.03. The molecule has 0 radical (unpaired) electrons. The second kappa shape index (κ2) is 9.09. The van der Waals surface area contributed by atoms with E-state index in [1.807, 2.05) is 0 Å². The van der Waals surface area contributed by atoms with Crippen LogP contribution in [0.3, 0.4) is 0 Å². The summed E-state index contributed by atoms with van der Waals surface area (Å²) in [6.45, 7) is 0.00858. The van der Waals surface area contributed by atoms with Gasteiger partial charge in [0.05, 0.1) is 16.5 Å². The number of carboxylic acid groups (broad SMARTS) is 1. The zero-order valence-corrected chi connectivity index (χ0v) is 17.6. The van der Waals surface area contributed by atoms with E-state index in [4.69, 9.17) is 5.11 Å². The summed E-state index contributed by atoms with van der Waals surface area (Å²) in [5, 5.41) is 30.6. The van der Waals surface area contributed by atoms with Crippen LogP contribution in [0.5, 0.6) is 0 Å². The Bertz CT molecular complexity index is 1080. The molecule has 160 valence electrons. The molecule has 10 heteroatoms. The third kappa shape index (κ3) is 4.64. The predicted molar refractivity (Wildman–Crippen MR) is 113 cm³/mol. The first kappa shape index (κ1) is 22.2. The fourth-order valence-corrected chi connectivity index (χ4v) is 3.66. The monoisotopic (exact) mass is 488 g/mol. The Labute approximate surface area is 184 Å². The van der Waals surface area contributed by atoms with Crippen LogP contribution in [0.1, 0.15) is 30.0 Å². The molecule has 1 fully saturated rings. The first-order valence-corrected chi connectivity index (χ1v) is 10.0. The van der Waals surface area contributed by atoms with Gasteiger partial charge in [-0.15, -0.1) is 0 Å². The van der Waals surface area contributed by atoms with E-state index in [1.54, 1.807) is 24.3 Å². The Morgan fingerprint density at radius 2 is 1.68 bits per heavy atom. The summed E-state index contributed by atoms with van der Waals surface area (Å²) >= 11 is 3.32. The van der Waals surface area contributed by atoms with Gasteiger partial charge in [0, 0.05) is 35.1 Å². The molecule has 2 aromatic carbocycles. The zero-order valence-electron chi connectivity index (χ0n) is 16.0. The van der Waals surface area contributed by atoms with Crippen LogP contribution in [-0.4, -0.2) is 44.2 Å². The summed E-state index contributed by atoms with van der Waals surface area (Å²) in [6.07, 6.45) is -0.0502. The number of halogens is 1. The number of ketones is 1. The van der Waals surface area contributed by atoms with E-state index in [0.717, 1.165) is 4.47 Å². The van der Waals surface area contributed by atoms with Gasteiger partial charge in [0.15, 0.2) is 0 Å². The fourth-order valence-electron chi connectivity index (χ4n) is 3.40.